The van der Waals surface area contributed by atoms with Gasteiger partial charge in [-0.2, -0.15) is 0 Å². The van der Waals surface area contributed by atoms with Crippen LogP contribution >= 0.6 is 0 Å². The molecule has 0 saturated heterocycles. The van der Waals surface area contributed by atoms with Crippen LogP contribution < -0.4 is 22.1 Å². The summed E-state index contributed by atoms with van der Waals surface area (Å²) in [6.45, 7) is 2.57. The molecule has 0 saturated carbocycles. The molecule has 0 fully saturated rings. The first-order valence-corrected chi connectivity index (χ1v) is 7.67. The minimum Gasteiger partial charge on any atom is -0.447 e. The van der Waals surface area contributed by atoms with Crippen LogP contribution in [0.15, 0.2) is 0 Å². The van der Waals surface area contributed by atoms with Crippen molar-refractivity contribution in [3.8, 4) is 0 Å². The van der Waals surface area contributed by atoms with Crippen molar-refractivity contribution in [2.24, 2.45) is 17.4 Å². The third-order valence-corrected chi connectivity index (χ3v) is 3.00. The number of primary amides is 2. The number of rotatable bonds is 11. The third-order valence-electron chi connectivity index (χ3n) is 3.00. The zero-order valence-corrected chi connectivity index (χ0v) is 14.2. The van der Waals surface area contributed by atoms with Crippen LogP contribution in [0.2, 0.25) is 0 Å². The molecule has 11 nitrogen and oxygen atoms in total. The summed E-state index contributed by atoms with van der Waals surface area (Å²) in [7, 11) is 0. The van der Waals surface area contributed by atoms with Gasteiger partial charge in [-0.1, -0.05) is 13.8 Å². The number of carbonyl (C=O) groups is 4. The van der Waals surface area contributed by atoms with Crippen LogP contribution in [0.3, 0.4) is 0 Å². The monoisotopic (exact) mass is 362 g/mol. The maximum Gasteiger partial charge on any atom is 0.407 e. The Bertz CT molecular complexity index is 484. The van der Waals surface area contributed by atoms with E-state index in [0.717, 1.165) is 0 Å². The van der Waals surface area contributed by atoms with E-state index >= 15 is 0 Å². The standard InChI is InChI=1S/C14H26N4O7/c1-7(2)3-10(18-14(24)25-6-8(20)5-19)13(23)17-9(12(16)22)4-11(15)21/h7-10,19-20H,3-6H2,1-2H3,(H2,15,21)(H2,16,22)(H,17,23)(H,18,24)/t8?,9-,10-/m0/s1. The van der Waals surface area contributed by atoms with Crippen molar-refractivity contribution < 1.29 is 34.1 Å². The SMILES string of the molecule is CC(C)C[C@H](NC(=O)OCC(O)CO)C(=O)N[C@@H](CC(N)=O)C(N)=O. The number of hydrogen-bond donors (Lipinski definition) is 6. The fourth-order valence-corrected chi connectivity index (χ4v) is 1.81. The zero-order chi connectivity index (χ0) is 19.6. The molecule has 1 unspecified atom stereocenters. The molecule has 0 heterocycles. The smallest absolute Gasteiger partial charge is 0.407 e. The largest absolute Gasteiger partial charge is 0.447 e. The number of nitrogens with two attached hydrogens (primary N) is 2. The van der Waals surface area contributed by atoms with Gasteiger partial charge in [0.2, 0.25) is 17.7 Å². The molecule has 0 aliphatic carbocycles. The maximum absolute atomic E-state index is 12.3. The van der Waals surface area contributed by atoms with Gasteiger partial charge in [0.1, 0.15) is 24.8 Å². The number of carbonyl (C=O) groups excluding carboxylic acids is 4. The highest BCUT2D eigenvalue weighted by Gasteiger charge is 2.27. The van der Waals surface area contributed by atoms with Gasteiger partial charge >= 0.3 is 6.09 Å². The van der Waals surface area contributed by atoms with Crippen LogP contribution in [0.1, 0.15) is 26.7 Å². The molecule has 0 radical (unpaired) electrons. The van der Waals surface area contributed by atoms with E-state index in [1.165, 1.54) is 0 Å². The fourth-order valence-electron chi connectivity index (χ4n) is 1.81. The molecule has 0 aromatic heterocycles. The Hall–Kier alpha value is -2.40. The molecule has 11 heteroatoms. The van der Waals surface area contributed by atoms with E-state index in [1.807, 2.05) is 0 Å². The van der Waals surface area contributed by atoms with Gasteiger partial charge in [0, 0.05) is 0 Å². The second-order valence-electron chi connectivity index (χ2n) is 5.90. The summed E-state index contributed by atoms with van der Waals surface area (Å²) in [4.78, 5) is 46.2. The zero-order valence-electron chi connectivity index (χ0n) is 14.2. The van der Waals surface area contributed by atoms with Crippen molar-refractivity contribution in [1.82, 2.24) is 10.6 Å². The van der Waals surface area contributed by atoms with Gasteiger partial charge in [-0.25, -0.2) is 4.79 Å². The summed E-state index contributed by atoms with van der Waals surface area (Å²) < 4.78 is 4.67. The Labute approximate surface area is 145 Å². The lowest BCUT2D eigenvalue weighted by Gasteiger charge is -2.22. The van der Waals surface area contributed by atoms with Crippen LogP contribution in [0, 0.1) is 5.92 Å². The molecule has 3 atom stereocenters. The highest BCUT2D eigenvalue weighted by atomic mass is 16.6. The number of hydrogen-bond acceptors (Lipinski definition) is 7. The Kier molecular flexibility index (Phi) is 10.1. The summed E-state index contributed by atoms with van der Waals surface area (Å²) in [6.07, 6.45) is -2.48. The van der Waals surface area contributed by atoms with E-state index in [9.17, 15) is 19.2 Å². The lowest BCUT2D eigenvalue weighted by Crippen LogP contribution is -2.54. The topological polar surface area (TPSA) is 194 Å². The number of amides is 4. The van der Waals surface area contributed by atoms with E-state index in [2.05, 4.69) is 15.4 Å². The van der Waals surface area contributed by atoms with Crippen molar-refractivity contribution >= 4 is 23.8 Å². The van der Waals surface area contributed by atoms with Gasteiger partial charge in [0.15, 0.2) is 0 Å². The molecule has 144 valence electrons. The van der Waals surface area contributed by atoms with E-state index in [1.54, 1.807) is 13.8 Å². The minimum absolute atomic E-state index is 0.00208. The summed E-state index contributed by atoms with van der Waals surface area (Å²) in [5.41, 5.74) is 10.1. The van der Waals surface area contributed by atoms with Crippen molar-refractivity contribution in [3.05, 3.63) is 0 Å². The quantitative estimate of drug-likeness (QED) is 0.230. The molecule has 0 spiro atoms. The van der Waals surface area contributed by atoms with E-state index in [4.69, 9.17) is 21.7 Å². The third kappa shape index (κ3) is 10.1. The van der Waals surface area contributed by atoms with Crippen molar-refractivity contribution in [1.29, 1.82) is 0 Å². The first-order valence-electron chi connectivity index (χ1n) is 7.67. The number of nitrogens with one attached hydrogen (secondary N) is 2. The predicted molar refractivity (Wildman–Crippen MR) is 85.8 cm³/mol. The maximum atomic E-state index is 12.3. The molecule has 0 bridgehead atoms. The fraction of sp³-hybridized carbons (Fsp3) is 0.714. The predicted octanol–water partition coefficient (Wildman–Crippen LogP) is -2.67. The number of ether oxygens (including phenoxy) is 1. The Morgan fingerprint density at radius 3 is 2.12 bits per heavy atom. The van der Waals surface area contributed by atoms with Crippen LogP contribution in [0.4, 0.5) is 4.79 Å². The van der Waals surface area contributed by atoms with Crippen molar-refractivity contribution in [2.75, 3.05) is 13.2 Å². The molecule has 0 aromatic carbocycles. The highest BCUT2D eigenvalue weighted by molar-refractivity contribution is 5.93. The number of aliphatic hydroxyl groups is 2. The van der Waals surface area contributed by atoms with Crippen LogP contribution in [0.5, 0.6) is 0 Å². The minimum atomic E-state index is -1.30. The van der Waals surface area contributed by atoms with Crippen molar-refractivity contribution in [2.45, 2.75) is 44.9 Å². The molecule has 0 aliphatic heterocycles. The van der Waals surface area contributed by atoms with Crippen LogP contribution in [0.25, 0.3) is 0 Å². The number of aliphatic hydroxyl groups excluding tert-OH is 2. The molecule has 0 aromatic rings. The summed E-state index contributed by atoms with van der Waals surface area (Å²) in [5, 5.41) is 22.3. The van der Waals surface area contributed by atoms with Gasteiger partial charge in [-0.05, 0) is 12.3 Å². The van der Waals surface area contributed by atoms with Crippen LogP contribution in [-0.2, 0) is 19.1 Å². The highest BCUT2D eigenvalue weighted by Crippen LogP contribution is 2.06. The first kappa shape index (κ1) is 22.6. The molecule has 4 amide bonds. The molecular formula is C14H26N4O7. The lowest BCUT2D eigenvalue weighted by atomic mass is 10.0. The van der Waals surface area contributed by atoms with Gasteiger partial charge in [-0.3, -0.25) is 14.4 Å². The second-order valence-corrected chi connectivity index (χ2v) is 5.90. The van der Waals surface area contributed by atoms with Gasteiger partial charge in [0.25, 0.3) is 0 Å². The average Bonchev–Trinajstić information content (AvgIpc) is 2.50. The summed E-state index contributed by atoms with van der Waals surface area (Å²) >= 11 is 0. The second kappa shape index (κ2) is 11.2. The Morgan fingerprint density at radius 1 is 1.08 bits per heavy atom. The normalized spacial score (nSPS) is 14.3. The molecule has 0 aliphatic rings. The summed E-state index contributed by atoms with van der Waals surface area (Å²) in [6, 6.07) is -2.36. The van der Waals surface area contributed by atoms with Gasteiger partial charge < -0.3 is 37.1 Å². The Balaban J connectivity index is 4.87. The average molecular weight is 362 g/mol. The Morgan fingerprint density at radius 2 is 1.68 bits per heavy atom. The molecule has 25 heavy (non-hydrogen) atoms. The van der Waals surface area contributed by atoms with Crippen molar-refractivity contribution in [3.63, 3.8) is 0 Å². The molecule has 8 N–H and O–H groups in total. The molecular weight excluding hydrogens is 336 g/mol. The number of alkyl carbamates (subject to hydrolysis) is 1. The molecule has 0 rings (SSSR count). The summed E-state index contributed by atoms with van der Waals surface area (Å²) in [5.74, 6) is -2.50. The lowest BCUT2D eigenvalue weighted by molar-refractivity contribution is -0.130. The van der Waals surface area contributed by atoms with E-state index in [-0.39, 0.29) is 12.3 Å². The van der Waals surface area contributed by atoms with Gasteiger partial charge in [0.05, 0.1) is 13.0 Å². The van der Waals surface area contributed by atoms with Gasteiger partial charge in [-0.15, -0.1) is 0 Å². The van der Waals surface area contributed by atoms with Crippen LogP contribution in [-0.4, -0.2) is 65.4 Å². The first-order chi connectivity index (χ1) is 11.6. The van der Waals surface area contributed by atoms with E-state index in [0.29, 0.717) is 0 Å². The van der Waals surface area contributed by atoms with E-state index < -0.39 is 61.6 Å².